The minimum absolute atomic E-state index is 0.0447. The van der Waals surface area contributed by atoms with E-state index < -0.39 is 0 Å². The van der Waals surface area contributed by atoms with Gasteiger partial charge in [-0.25, -0.2) is 4.98 Å². The maximum atomic E-state index is 12.3. The van der Waals surface area contributed by atoms with Crippen LogP contribution in [-0.4, -0.2) is 10.8 Å². The summed E-state index contributed by atoms with van der Waals surface area (Å²) in [7, 11) is 0. The topological polar surface area (TPSA) is 42.0 Å². The second kappa shape index (κ2) is 8.76. The van der Waals surface area contributed by atoms with Crippen LogP contribution in [-0.2, 0) is 0 Å². The Kier molecular flexibility index (Phi) is 5.73. The summed E-state index contributed by atoms with van der Waals surface area (Å²) in [5.74, 6) is 0.0447. The first-order valence-corrected chi connectivity index (χ1v) is 10.2. The Morgan fingerprint density at radius 1 is 0.793 bits per heavy atom. The number of rotatable bonds is 6. The van der Waals surface area contributed by atoms with Crippen molar-refractivity contribution in [1.82, 2.24) is 4.98 Å². The molecule has 1 aromatic heterocycles. The van der Waals surface area contributed by atoms with Gasteiger partial charge in [0.15, 0.2) is 5.78 Å². The van der Waals surface area contributed by atoms with Crippen LogP contribution in [0.1, 0.15) is 17.3 Å². The lowest BCUT2D eigenvalue weighted by Gasteiger charge is -2.18. The number of carbonyl (C=O) groups is 1. The van der Waals surface area contributed by atoms with E-state index in [9.17, 15) is 4.79 Å². The number of benzene rings is 3. The number of hydrogen-bond acceptors (Lipinski definition) is 4. The Labute approximate surface area is 175 Å². The highest BCUT2D eigenvalue weighted by Gasteiger charge is 2.16. The predicted octanol–water partition coefficient (Wildman–Crippen LogP) is 6.74. The lowest BCUT2D eigenvalue weighted by atomic mass is 9.92. The Bertz CT molecular complexity index is 1050. The maximum Gasteiger partial charge on any atom is 0.159 e. The molecule has 142 valence electrons. The molecule has 4 rings (SSSR count). The van der Waals surface area contributed by atoms with Gasteiger partial charge in [-0.3, -0.25) is 4.79 Å². The van der Waals surface area contributed by atoms with E-state index >= 15 is 0 Å². The minimum atomic E-state index is 0.0447. The van der Waals surface area contributed by atoms with Gasteiger partial charge < -0.3 is 4.72 Å². The Morgan fingerprint density at radius 2 is 1.34 bits per heavy atom. The van der Waals surface area contributed by atoms with E-state index in [2.05, 4.69) is 34.0 Å². The molecule has 0 radical (unpaired) electrons. The number of anilines is 1. The van der Waals surface area contributed by atoms with Crippen LogP contribution in [0.5, 0.6) is 0 Å². The van der Waals surface area contributed by atoms with E-state index in [0.29, 0.717) is 5.56 Å². The summed E-state index contributed by atoms with van der Waals surface area (Å²) >= 11 is 1.46. The van der Waals surface area contributed by atoms with Gasteiger partial charge in [-0.05, 0) is 42.3 Å². The maximum absolute atomic E-state index is 12.3. The normalized spacial score (nSPS) is 10.5. The zero-order valence-corrected chi connectivity index (χ0v) is 16.8. The molecule has 0 saturated carbocycles. The molecular formula is C25H20N2OS. The third-order valence-electron chi connectivity index (χ3n) is 4.61. The van der Waals surface area contributed by atoms with Crippen molar-refractivity contribution >= 4 is 23.4 Å². The van der Waals surface area contributed by atoms with Crippen molar-refractivity contribution in [2.75, 3.05) is 4.72 Å². The first-order chi connectivity index (χ1) is 14.2. The molecule has 0 saturated heterocycles. The molecule has 1 N–H and O–H groups in total. The molecule has 3 aromatic carbocycles. The van der Waals surface area contributed by atoms with Gasteiger partial charge in [0.1, 0.15) is 5.03 Å². The number of nitrogens with zero attached hydrogens (tertiary/aromatic N) is 1. The third kappa shape index (κ3) is 4.39. The molecular weight excluding hydrogens is 376 g/mol. The van der Waals surface area contributed by atoms with Crippen molar-refractivity contribution in [2.24, 2.45) is 0 Å². The fourth-order valence-electron chi connectivity index (χ4n) is 3.16. The molecule has 1 heterocycles. The smallest absolute Gasteiger partial charge is 0.159 e. The summed E-state index contributed by atoms with van der Waals surface area (Å²) in [6, 6.07) is 30.0. The molecule has 0 atom stereocenters. The zero-order valence-electron chi connectivity index (χ0n) is 16.0. The van der Waals surface area contributed by atoms with E-state index in [0.717, 1.165) is 33.0 Å². The van der Waals surface area contributed by atoms with Gasteiger partial charge in [0, 0.05) is 34.8 Å². The molecule has 0 aliphatic carbocycles. The first-order valence-electron chi connectivity index (χ1n) is 9.36. The summed E-state index contributed by atoms with van der Waals surface area (Å²) in [6.45, 7) is 1.61. The largest absolute Gasteiger partial charge is 0.323 e. The molecule has 0 amide bonds. The van der Waals surface area contributed by atoms with Crippen molar-refractivity contribution < 1.29 is 4.79 Å². The van der Waals surface area contributed by atoms with Crippen LogP contribution in [0.15, 0.2) is 102 Å². The van der Waals surface area contributed by atoms with E-state index in [1.54, 1.807) is 13.1 Å². The Morgan fingerprint density at radius 3 is 1.83 bits per heavy atom. The van der Waals surface area contributed by atoms with Crippen LogP contribution in [0.3, 0.4) is 0 Å². The van der Waals surface area contributed by atoms with Gasteiger partial charge in [0.05, 0.1) is 5.69 Å². The van der Waals surface area contributed by atoms with Gasteiger partial charge in [0.25, 0.3) is 0 Å². The number of nitrogens with one attached hydrogen (secondary N) is 1. The average Bonchev–Trinajstić information content (AvgIpc) is 2.79. The van der Waals surface area contributed by atoms with E-state index in [-0.39, 0.29) is 5.78 Å². The summed E-state index contributed by atoms with van der Waals surface area (Å²) in [6.07, 6.45) is 1.78. The molecule has 0 aliphatic rings. The van der Waals surface area contributed by atoms with Crippen LogP contribution in [0.2, 0.25) is 0 Å². The van der Waals surface area contributed by atoms with Gasteiger partial charge >= 0.3 is 0 Å². The monoisotopic (exact) mass is 396 g/mol. The molecule has 4 heteroatoms. The minimum Gasteiger partial charge on any atom is -0.323 e. The molecule has 0 unspecified atom stereocenters. The molecule has 0 spiro atoms. The van der Waals surface area contributed by atoms with Gasteiger partial charge in [-0.1, -0.05) is 66.7 Å². The number of pyridine rings is 1. The second-order valence-electron chi connectivity index (χ2n) is 6.61. The van der Waals surface area contributed by atoms with Crippen molar-refractivity contribution in [1.29, 1.82) is 0 Å². The highest BCUT2D eigenvalue weighted by Crippen LogP contribution is 2.40. The fourth-order valence-corrected chi connectivity index (χ4v) is 3.84. The Balaban J connectivity index is 1.89. The van der Waals surface area contributed by atoms with E-state index in [4.69, 9.17) is 0 Å². The lowest BCUT2D eigenvalue weighted by molar-refractivity contribution is 0.101. The molecule has 0 fully saturated rings. The lowest BCUT2D eigenvalue weighted by Crippen LogP contribution is -2.00. The van der Waals surface area contributed by atoms with Crippen LogP contribution in [0, 0.1) is 0 Å². The van der Waals surface area contributed by atoms with Gasteiger partial charge in [0.2, 0.25) is 0 Å². The molecule has 29 heavy (non-hydrogen) atoms. The summed E-state index contributed by atoms with van der Waals surface area (Å²) < 4.78 is 3.50. The zero-order chi connectivity index (χ0) is 20.1. The quantitative estimate of drug-likeness (QED) is 0.289. The molecule has 0 aliphatic heterocycles. The van der Waals surface area contributed by atoms with Crippen molar-refractivity contribution in [2.45, 2.75) is 11.9 Å². The predicted molar refractivity (Wildman–Crippen MR) is 121 cm³/mol. The second-order valence-corrected chi connectivity index (χ2v) is 7.43. The third-order valence-corrected chi connectivity index (χ3v) is 5.37. The van der Waals surface area contributed by atoms with Gasteiger partial charge in [-0.15, -0.1) is 0 Å². The van der Waals surface area contributed by atoms with Crippen LogP contribution < -0.4 is 4.72 Å². The molecule has 3 nitrogen and oxygen atoms in total. The molecule has 4 aromatic rings. The van der Waals surface area contributed by atoms with Crippen LogP contribution in [0.25, 0.3) is 22.3 Å². The highest BCUT2D eigenvalue weighted by atomic mass is 32.2. The number of hydrogen-bond donors (Lipinski definition) is 1. The summed E-state index contributed by atoms with van der Waals surface area (Å²) in [5, 5.41) is 0.876. The first kappa shape index (κ1) is 19.0. The SMILES string of the molecule is CC(=O)c1cc(-c2ccccc2)c(NSc2ccccn2)c(-c2ccccc2)c1. The van der Waals surface area contributed by atoms with Crippen LogP contribution in [0.4, 0.5) is 5.69 Å². The van der Waals surface area contributed by atoms with E-state index in [1.807, 2.05) is 66.7 Å². The number of Topliss-reactive ketones (excluding diaryl/α,β-unsaturated/α-hetero) is 1. The number of carbonyl (C=O) groups excluding carboxylic acids is 1. The summed E-state index contributed by atoms with van der Waals surface area (Å²) in [5.41, 5.74) is 5.73. The van der Waals surface area contributed by atoms with Gasteiger partial charge in [-0.2, -0.15) is 0 Å². The summed E-state index contributed by atoms with van der Waals surface area (Å²) in [4.78, 5) is 16.7. The Hall–Kier alpha value is -3.37. The van der Waals surface area contributed by atoms with Crippen molar-refractivity contribution in [3.05, 3.63) is 103 Å². The number of ketones is 1. The van der Waals surface area contributed by atoms with Crippen molar-refractivity contribution in [3.63, 3.8) is 0 Å². The van der Waals surface area contributed by atoms with Crippen LogP contribution >= 0.6 is 11.9 Å². The standard InChI is InChI=1S/C25H20N2OS/c1-18(28)21-16-22(19-10-4-2-5-11-19)25(27-29-24-14-8-9-15-26-24)23(17-21)20-12-6-3-7-13-20/h2-17,27H,1H3. The fraction of sp³-hybridized carbons (Fsp3) is 0.0400. The molecule has 0 bridgehead atoms. The highest BCUT2D eigenvalue weighted by molar-refractivity contribution is 8.00. The van der Waals surface area contributed by atoms with E-state index in [1.165, 1.54) is 11.9 Å². The number of aromatic nitrogens is 1. The average molecular weight is 397 g/mol. The van der Waals surface area contributed by atoms with Crippen molar-refractivity contribution in [3.8, 4) is 22.3 Å².